The van der Waals surface area contributed by atoms with Crippen LogP contribution in [0, 0.1) is 0 Å². The van der Waals surface area contributed by atoms with E-state index in [-0.39, 0.29) is 11.5 Å². The predicted octanol–water partition coefficient (Wildman–Crippen LogP) is 1.19. The van der Waals surface area contributed by atoms with Gasteiger partial charge in [-0.3, -0.25) is 4.68 Å². The van der Waals surface area contributed by atoms with Crippen molar-refractivity contribution in [2.45, 2.75) is 12.7 Å². The van der Waals surface area contributed by atoms with E-state index in [0.717, 1.165) is 17.1 Å². The molecule has 0 bridgehead atoms. The van der Waals surface area contributed by atoms with Gasteiger partial charge in [0.15, 0.2) is 0 Å². The summed E-state index contributed by atoms with van der Waals surface area (Å²) in [5, 5.41) is 3.45. The van der Waals surface area contributed by atoms with Crippen LogP contribution in [0.5, 0.6) is 0 Å². The SMILES string of the molecule is NC(=S)Cn1cc(C(F)(F)F)cn1. The first-order valence-corrected chi connectivity index (χ1v) is 3.68. The number of hydrogen-bond donors (Lipinski definition) is 1. The molecule has 1 aromatic heterocycles. The van der Waals surface area contributed by atoms with Crippen molar-refractivity contribution < 1.29 is 13.2 Å². The summed E-state index contributed by atoms with van der Waals surface area (Å²) in [5.74, 6) is 0. The highest BCUT2D eigenvalue weighted by Crippen LogP contribution is 2.28. The average Bonchev–Trinajstić information content (AvgIpc) is 2.32. The van der Waals surface area contributed by atoms with Crippen LogP contribution < -0.4 is 5.73 Å². The largest absolute Gasteiger partial charge is 0.419 e. The Kier molecular flexibility index (Phi) is 2.55. The molecule has 7 heteroatoms. The number of thiocarbonyl (C=S) groups is 1. The van der Waals surface area contributed by atoms with Gasteiger partial charge in [-0.15, -0.1) is 0 Å². The van der Waals surface area contributed by atoms with Crippen LogP contribution in [0.3, 0.4) is 0 Å². The highest BCUT2D eigenvalue weighted by molar-refractivity contribution is 7.80. The average molecular weight is 209 g/mol. The lowest BCUT2D eigenvalue weighted by Gasteiger charge is -2.00. The van der Waals surface area contributed by atoms with Gasteiger partial charge in [-0.25, -0.2) is 0 Å². The summed E-state index contributed by atoms with van der Waals surface area (Å²) < 4.78 is 37.1. The molecule has 0 aromatic carbocycles. The Labute approximate surface area is 77.3 Å². The molecule has 72 valence electrons. The van der Waals surface area contributed by atoms with Gasteiger partial charge in [0.2, 0.25) is 0 Å². The first kappa shape index (κ1) is 9.97. The van der Waals surface area contributed by atoms with E-state index in [2.05, 4.69) is 17.3 Å². The van der Waals surface area contributed by atoms with Gasteiger partial charge >= 0.3 is 6.18 Å². The number of nitrogens with zero attached hydrogens (tertiary/aromatic N) is 2. The predicted molar refractivity (Wildman–Crippen MR) is 44.0 cm³/mol. The van der Waals surface area contributed by atoms with Gasteiger partial charge in [0.05, 0.1) is 23.3 Å². The second-order valence-electron chi connectivity index (χ2n) is 2.39. The number of rotatable bonds is 2. The Morgan fingerprint density at radius 2 is 2.23 bits per heavy atom. The maximum Gasteiger partial charge on any atom is 0.419 e. The molecule has 0 fully saturated rings. The maximum absolute atomic E-state index is 12.0. The Bertz CT molecular complexity index is 317. The van der Waals surface area contributed by atoms with E-state index in [4.69, 9.17) is 5.73 Å². The molecular formula is C6H6F3N3S. The summed E-state index contributed by atoms with van der Waals surface area (Å²) in [7, 11) is 0. The molecular weight excluding hydrogens is 203 g/mol. The smallest absolute Gasteiger partial charge is 0.392 e. The van der Waals surface area contributed by atoms with Crippen LogP contribution in [0.1, 0.15) is 5.56 Å². The number of alkyl halides is 3. The summed E-state index contributed by atoms with van der Waals surface area (Å²) in [6, 6.07) is 0. The minimum Gasteiger partial charge on any atom is -0.392 e. The third-order valence-corrected chi connectivity index (χ3v) is 1.41. The van der Waals surface area contributed by atoms with Crippen molar-refractivity contribution in [3.63, 3.8) is 0 Å². The standard InChI is InChI=1S/C6H6F3N3S/c7-6(8,9)4-1-11-12(2-4)3-5(10)13/h1-2H,3H2,(H2,10,13). The van der Waals surface area contributed by atoms with Crippen molar-refractivity contribution >= 4 is 17.2 Å². The Hall–Kier alpha value is -1.11. The quantitative estimate of drug-likeness (QED) is 0.744. The molecule has 2 N–H and O–H groups in total. The molecule has 0 aliphatic carbocycles. The highest BCUT2D eigenvalue weighted by atomic mass is 32.1. The number of aromatic nitrogens is 2. The van der Waals surface area contributed by atoms with Gasteiger partial charge in [0, 0.05) is 6.20 Å². The maximum atomic E-state index is 12.0. The van der Waals surface area contributed by atoms with Crippen LogP contribution in [0.15, 0.2) is 12.4 Å². The molecule has 3 nitrogen and oxygen atoms in total. The molecule has 1 heterocycles. The second-order valence-corrected chi connectivity index (χ2v) is 2.92. The molecule has 0 radical (unpaired) electrons. The number of hydrogen-bond acceptors (Lipinski definition) is 2. The van der Waals surface area contributed by atoms with Gasteiger partial charge in [0.25, 0.3) is 0 Å². The van der Waals surface area contributed by atoms with E-state index >= 15 is 0 Å². The van der Waals surface area contributed by atoms with Gasteiger partial charge in [0.1, 0.15) is 0 Å². The lowest BCUT2D eigenvalue weighted by molar-refractivity contribution is -0.137. The molecule has 0 saturated carbocycles. The Morgan fingerprint density at radius 3 is 2.62 bits per heavy atom. The zero-order chi connectivity index (χ0) is 10.1. The summed E-state index contributed by atoms with van der Waals surface area (Å²) in [6.45, 7) is 0.0193. The molecule has 1 aromatic rings. The van der Waals surface area contributed by atoms with Crippen LogP contribution in [0.2, 0.25) is 0 Å². The minimum absolute atomic E-state index is 0.0193. The van der Waals surface area contributed by atoms with E-state index in [1.807, 2.05) is 0 Å². The van der Waals surface area contributed by atoms with Crippen LogP contribution >= 0.6 is 12.2 Å². The van der Waals surface area contributed by atoms with E-state index in [1.54, 1.807) is 0 Å². The van der Waals surface area contributed by atoms with Gasteiger partial charge in [-0.2, -0.15) is 18.3 Å². The van der Waals surface area contributed by atoms with E-state index in [0.29, 0.717) is 0 Å². The third kappa shape index (κ3) is 2.69. The third-order valence-electron chi connectivity index (χ3n) is 1.28. The van der Waals surface area contributed by atoms with Gasteiger partial charge < -0.3 is 5.73 Å². The molecule has 13 heavy (non-hydrogen) atoms. The van der Waals surface area contributed by atoms with Crippen LogP contribution in [0.25, 0.3) is 0 Å². The van der Waals surface area contributed by atoms with Gasteiger partial charge in [-0.05, 0) is 0 Å². The van der Waals surface area contributed by atoms with Crippen molar-refractivity contribution in [1.29, 1.82) is 0 Å². The van der Waals surface area contributed by atoms with Crippen molar-refractivity contribution in [1.82, 2.24) is 9.78 Å². The van der Waals surface area contributed by atoms with Crippen LogP contribution in [0.4, 0.5) is 13.2 Å². The molecule has 0 spiro atoms. The normalized spacial score (nSPS) is 11.6. The first-order valence-electron chi connectivity index (χ1n) is 3.27. The van der Waals surface area contributed by atoms with E-state index in [1.165, 1.54) is 0 Å². The summed E-state index contributed by atoms with van der Waals surface area (Å²) in [6.07, 6.45) is -2.77. The second kappa shape index (κ2) is 3.33. The van der Waals surface area contributed by atoms with Crippen molar-refractivity contribution in [3.8, 4) is 0 Å². The lowest BCUT2D eigenvalue weighted by Crippen LogP contribution is -2.16. The summed E-state index contributed by atoms with van der Waals surface area (Å²) in [4.78, 5) is 0.0943. The molecule has 0 aliphatic rings. The molecule has 0 aliphatic heterocycles. The molecule has 0 unspecified atom stereocenters. The van der Waals surface area contributed by atoms with E-state index < -0.39 is 11.7 Å². The fraction of sp³-hybridized carbons (Fsp3) is 0.333. The summed E-state index contributed by atoms with van der Waals surface area (Å²) >= 11 is 4.52. The number of halogens is 3. The zero-order valence-electron chi connectivity index (χ0n) is 6.38. The lowest BCUT2D eigenvalue weighted by atomic mass is 10.4. The topological polar surface area (TPSA) is 43.8 Å². The molecule has 0 amide bonds. The summed E-state index contributed by atoms with van der Waals surface area (Å²) in [5.41, 5.74) is 4.33. The Balaban J connectivity index is 2.81. The first-order chi connectivity index (χ1) is 5.89. The zero-order valence-corrected chi connectivity index (χ0v) is 7.19. The number of nitrogens with two attached hydrogens (primary N) is 1. The minimum atomic E-state index is -4.37. The monoisotopic (exact) mass is 209 g/mol. The Morgan fingerprint density at radius 1 is 1.62 bits per heavy atom. The molecule has 0 saturated heterocycles. The van der Waals surface area contributed by atoms with Crippen molar-refractivity contribution in [2.75, 3.05) is 0 Å². The highest BCUT2D eigenvalue weighted by Gasteiger charge is 2.32. The van der Waals surface area contributed by atoms with Crippen molar-refractivity contribution in [2.24, 2.45) is 5.73 Å². The van der Waals surface area contributed by atoms with Crippen LogP contribution in [-0.4, -0.2) is 14.8 Å². The van der Waals surface area contributed by atoms with E-state index in [9.17, 15) is 13.2 Å². The van der Waals surface area contributed by atoms with Gasteiger partial charge in [-0.1, -0.05) is 12.2 Å². The molecule has 0 atom stereocenters. The fourth-order valence-electron chi connectivity index (χ4n) is 0.756. The molecule has 1 rings (SSSR count). The van der Waals surface area contributed by atoms with Crippen molar-refractivity contribution in [3.05, 3.63) is 18.0 Å². The van der Waals surface area contributed by atoms with Crippen LogP contribution in [-0.2, 0) is 12.7 Å². The fourth-order valence-corrected chi connectivity index (χ4v) is 0.888.